The molecule has 0 aliphatic carbocycles. The van der Waals surface area contributed by atoms with Crippen molar-refractivity contribution in [1.29, 1.82) is 0 Å². The van der Waals surface area contributed by atoms with Crippen molar-refractivity contribution >= 4 is 11.6 Å². The Balaban J connectivity index is 2.43. The van der Waals surface area contributed by atoms with Gasteiger partial charge < -0.3 is 4.90 Å². The first-order valence-corrected chi connectivity index (χ1v) is 6.25. The van der Waals surface area contributed by atoms with Gasteiger partial charge in [-0.05, 0) is 24.3 Å². The molecule has 0 aromatic heterocycles. The second kappa shape index (κ2) is 4.85. The molecule has 14 heavy (non-hydrogen) atoms. The lowest BCUT2D eigenvalue weighted by Gasteiger charge is -2.42. The molecular weight excluding hydrogens is 194 g/mol. The third-order valence-electron chi connectivity index (χ3n) is 3.44. The second-order valence-electron chi connectivity index (χ2n) is 5.49. The van der Waals surface area contributed by atoms with Crippen LogP contribution in [0.1, 0.15) is 40.5 Å². The molecule has 0 bridgehead atoms. The van der Waals surface area contributed by atoms with Gasteiger partial charge in [-0.3, -0.25) is 0 Å². The highest BCUT2D eigenvalue weighted by Crippen LogP contribution is 2.33. The van der Waals surface area contributed by atoms with E-state index in [0.29, 0.717) is 5.38 Å². The molecule has 0 radical (unpaired) electrons. The number of likely N-dealkylation sites (tertiary alicyclic amines) is 1. The summed E-state index contributed by atoms with van der Waals surface area (Å²) in [4.78, 5) is 2.58. The molecule has 1 aliphatic rings. The summed E-state index contributed by atoms with van der Waals surface area (Å²) in [5.41, 5.74) is 0.285. The van der Waals surface area contributed by atoms with E-state index in [0.717, 1.165) is 18.9 Å². The van der Waals surface area contributed by atoms with E-state index in [2.05, 4.69) is 32.6 Å². The van der Waals surface area contributed by atoms with Gasteiger partial charge in [0.1, 0.15) is 0 Å². The molecule has 0 aromatic carbocycles. The summed E-state index contributed by atoms with van der Waals surface area (Å²) in [6, 6.07) is 0. The number of rotatable bonds is 3. The third-order valence-corrected chi connectivity index (χ3v) is 4.25. The zero-order valence-corrected chi connectivity index (χ0v) is 10.8. The van der Waals surface area contributed by atoms with E-state index < -0.39 is 0 Å². The average molecular weight is 218 g/mol. The smallest absolute Gasteiger partial charge is 0.0411 e. The number of piperidine rings is 1. The Morgan fingerprint density at radius 1 is 1.50 bits per heavy atom. The van der Waals surface area contributed by atoms with Crippen LogP contribution in [0.3, 0.4) is 0 Å². The van der Waals surface area contributed by atoms with Gasteiger partial charge in [0.25, 0.3) is 0 Å². The van der Waals surface area contributed by atoms with Crippen LogP contribution in [0.15, 0.2) is 0 Å². The second-order valence-corrected chi connectivity index (χ2v) is 6.02. The molecule has 0 spiro atoms. The molecule has 0 saturated carbocycles. The standard InChI is InChI=1S/C12H24ClN/c1-5-10(2)8-14-7-6-11(13)12(3,4)9-14/h10-11H,5-9H2,1-4H3. The maximum absolute atomic E-state index is 6.32. The van der Waals surface area contributed by atoms with E-state index in [-0.39, 0.29) is 5.41 Å². The Labute approximate surface area is 93.8 Å². The molecular formula is C12H24ClN. The van der Waals surface area contributed by atoms with Crippen LogP contribution in [0.2, 0.25) is 0 Å². The highest BCUT2D eigenvalue weighted by molar-refractivity contribution is 6.21. The topological polar surface area (TPSA) is 3.24 Å². The fraction of sp³-hybridized carbons (Fsp3) is 1.00. The van der Waals surface area contributed by atoms with Gasteiger partial charge in [0, 0.05) is 18.5 Å². The Morgan fingerprint density at radius 2 is 2.14 bits per heavy atom. The quantitative estimate of drug-likeness (QED) is 0.656. The largest absolute Gasteiger partial charge is 0.302 e. The van der Waals surface area contributed by atoms with Crippen molar-refractivity contribution in [3.05, 3.63) is 0 Å². The number of hydrogen-bond donors (Lipinski definition) is 0. The van der Waals surface area contributed by atoms with E-state index in [1.807, 2.05) is 0 Å². The van der Waals surface area contributed by atoms with Crippen molar-refractivity contribution in [3.63, 3.8) is 0 Å². The molecule has 2 unspecified atom stereocenters. The Kier molecular flexibility index (Phi) is 4.27. The lowest BCUT2D eigenvalue weighted by atomic mass is 9.83. The summed E-state index contributed by atoms with van der Waals surface area (Å²) in [6.45, 7) is 12.8. The van der Waals surface area contributed by atoms with Crippen molar-refractivity contribution in [1.82, 2.24) is 4.90 Å². The zero-order valence-electron chi connectivity index (χ0n) is 10.0. The van der Waals surface area contributed by atoms with Crippen LogP contribution in [0.25, 0.3) is 0 Å². The van der Waals surface area contributed by atoms with Crippen LogP contribution in [0, 0.1) is 11.3 Å². The first-order valence-electron chi connectivity index (χ1n) is 5.82. The van der Waals surface area contributed by atoms with Gasteiger partial charge in [-0.1, -0.05) is 34.1 Å². The maximum Gasteiger partial charge on any atom is 0.0411 e. The molecule has 1 aliphatic heterocycles. The summed E-state index contributed by atoms with van der Waals surface area (Å²) in [6.07, 6.45) is 2.42. The van der Waals surface area contributed by atoms with E-state index in [4.69, 9.17) is 11.6 Å². The molecule has 2 heteroatoms. The van der Waals surface area contributed by atoms with E-state index in [1.165, 1.54) is 19.5 Å². The number of hydrogen-bond acceptors (Lipinski definition) is 1. The molecule has 1 nitrogen and oxygen atoms in total. The summed E-state index contributed by atoms with van der Waals surface area (Å²) >= 11 is 6.32. The van der Waals surface area contributed by atoms with Crippen LogP contribution in [0.5, 0.6) is 0 Å². The van der Waals surface area contributed by atoms with Gasteiger partial charge in [0.2, 0.25) is 0 Å². The van der Waals surface area contributed by atoms with E-state index in [1.54, 1.807) is 0 Å². The SMILES string of the molecule is CCC(C)CN1CCC(Cl)C(C)(C)C1. The van der Waals surface area contributed by atoms with Gasteiger partial charge >= 0.3 is 0 Å². The summed E-state index contributed by atoms with van der Waals surface area (Å²) in [7, 11) is 0. The van der Waals surface area contributed by atoms with Gasteiger partial charge in [-0.25, -0.2) is 0 Å². The molecule has 1 saturated heterocycles. The third kappa shape index (κ3) is 3.13. The molecule has 1 fully saturated rings. The number of alkyl halides is 1. The van der Waals surface area contributed by atoms with Gasteiger partial charge in [0.05, 0.1) is 0 Å². The lowest BCUT2D eigenvalue weighted by molar-refractivity contribution is 0.108. The van der Waals surface area contributed by atoms with Gasteiger partial charge in [-0.2, -0.15) is 0 Å². The number of halogens is 1. The lowest BCUT2D eigenvalue weighted by Crippen LogP contribution is -2.47. The van der Waals surface area contributed by atoms with E-state index >= 15 is 0 Å². The predicted molar refractivity (Wildman–Crippen MR) is 63.9 cm³/mol. The predicted octanol–water partition coefficient (Wildman–Crippen LogP) is 3.37. The Hall–Kier alpha value is 0.250. The normalized spacial score (nSPS) is 30.2. The average Bonchev–Trinajstić information content (AvgIpc) is 2.11. The highest BCUT2D eigenvalue weighted by atomic mass is 35.5. The Bertz CT molecular complexity index is 179. The fourth-order valence-electron chi connectivity index (χ4n) is 2.17. The maximum atomic E-state index is 6.32. The molecule has 1 rings (SSSR count). The molecule has 1 heterocycles. The van der Waals surface area contributed by atoms with Crippen LogP contribution >= 0.6 is 11.6 Å². The minimum atomic E-state index is 0.285. The molecule has 2 atom stereocenters. The van der Waals surface area contributed by atoms with Crippen LogP contribution in [-0.2, 0) is 0 Å². The van der Waals surface area contributed by atoms with Crippen molar-refractivity contribution in [3.8, 4) is 0 Å². The van der Waals surface area contributed by atoms with Crippen LogP contribution in [0.4, 0.5) is 0 Å². The van der Waals surface area contributed by atoms with Crippen molar-refractivity contribution in [2.24, 2.45) is 11.3 Å². The molecule has 0 N–H and O–H groups in total. The Morgan fingerprint density at radius 3 is 2.64 bits per heavy atom. The summed E-state index contributed by atoms with van der Waals surface area (Å²) in [5, 5.41) is 0.357. The van der Waals surface area contributed by atoms with Crippen LogP contribution < -0.4 is 0 Å². The van der Waals surface area contributed by atoms with Gasteiger partial charge in [0.15, 0.2) is 0 Å². The summed E-state index contributed by atoms with van der Waals surface area (Å²) < 4.78 is 0. The van der Waals surface area contributed by atoms with Crippen molar-refractivity contribution < 1.29 is 0 Å². The van der Waals surface area contributed by atoms with Crippen molar-refractivity contribution in [2.75, 3.05) is 19.6 Å². The molecule has 84 valence electrons. The fourth-order valence-corrected chi connectivity index (χ4v) is 2.33. The molecule has 0 amide bonds. The molecule has 0 aromatic rings. The monoisotopic (exact) mass is 217 g/mol. The number of nitrogens with zero attached hydrogens (tertiary/aromatic N) is 1. The minimum Gasteiger partial charge on any atom is -0.302 e. The van der Waals surface area contributed by atoms with E-state index in [9.17, 15) is 0 Å². The van der Waals surface area contributed by atoms with Crippen molar-refractivity contribution in [2.45, 2.75) is 45.9 Å². The first kappa shape index (κ1) is 12.3. The highest BCUT2D eigenvalue weighted by Gasteiger charge is 2.34. The minimum absolute atomic E-state index is 0.285. The first-order chi connectivity index (χ1) is 6.45. The van der Waals surface area contributed by atoms with Crippen LogP contribution in [-0.4, -0.2) is 29.9 Å². The summed E-state index contributed by atoms with van der Waals surface area (Å²) in [5.74, 6) is 0.817. The van der Waals surface area contributed by atoms with Gasteiger partial charge in [-0.15, -0.1) is 11.6 Å². The zero-order chi connectivity index (χ0) is 10.8.